The normalized spacial score (nSPS) is 11.2. The number of pyridine rings is 1. The largest absolute Gasteiger partial charge is 0.459 e. The van der Waals surface area contributed by atoms with Gasteiger partial charge in [-0.1, -0.05) is 54.8 Å². The highest BCUT2D eigenvalue weighted by molar-refractivity contribution is 7.99. The Kier molecular flexibility index (Phi) is 8.87. The summed E-state index contributed by atoms with van der Waals surface area (Å²) >= 11 is 3.16. The Morgan fingerprint density at radius 3 is 2.41 bits per heavy atom. The average Bonchev–Trinajstić information content (AvgIpc) is 3.24. The number of furan rings is 1. The van der Waals surface area contributed by atoms with Crippen LogP contribution in [0.2, 0.25) is 0 Å². The number of anilines is 1. The second-order valence-electron chi connectivity index (χ2n) is 9.32. The Morgan fingerprint density at radius 2 is 1.73 bits per heavy atom. The van der Waals surface area contributed by atoms with E-state index in [0.717, 1.165) is 62.0 Å². The molecule has 0 saturated carbocycles. The average molecular weight is 534 g/mol. The molecule has 37 heavy (non-hydrogen) atoms. The summed E-state index contributed by atoms with van der Waals surface area (Å²) in [5, 5.41) is 5.09. The molecule has 0 saturated heterocycles. The molecule has 2 aromatic carbocycles. The van der Waals surface area contributed by atoms with E-state index < -0.39 is 0 Å². The molecule has 2 amide bonds. The number of benzene rings is 2. The molecule has 0 aliphatic carbocycles. The quantitative estimate of drug-likeness (QED) is 0.218. The Labute approximate surface area is 228 Å². The Hall–Kier alpha value is -2.90. The van der Waals surface area contributed by atoms with Crippen molar-refractivity contribution in [1.29, 1.82) is 0 Å². The van der Waals surface area contributed by atoms with Crippen molar-refractivity contribution in [3.63, 3.8) is 0 Å². The number of nitrogens with zero attached hydrogens (tertiary/aromatic N) is 2. The summed E-state index contributed by atoms with van der Waals surface area (Å²) in [7, 11) is 0. The fraction of sp³-hybridized carbons (Fsp3) is 0.333. The Balaban J connectivity index is 1.74. The molecular weight excluding hydrogens is 498 g/mol. The third-order valence-electron chi connectivity index (χ3n) is 6.38. The van der Waals surface area contributed by atoms with Gasteiger partial charge in [-0.15, -0.1) is 23.5 Å². The van der Waals surface area contributed by atoms with Gasteiger partial charge in [0, 0.05) is 28.1 Å². The Morgan fingerprint density at radius 1 is 1.00 bits per heavy atom. The molecule has 1 N–H and O–H groups in total. The molecular formula is C30H35N3O2S2. The van der Waals surface area contributed by atoms with Gasteiger partial charge in [-0.2, -0.15) is 0 Å². The SMILES string of the molecule is CCCCN(Cc1oc2ccc(C)cc2c1-c1ccc(C)cc1)C(=O)Nc1c(SC)cc(C)nc1SC. The lowest BCUT2D eigenvalue weighted by molar-refractivity contribution is 0.203. The van der Waals surface area contributed by atoms with Gasteiger partial charge in [0.25, 0.3) is 0 Å². The summed E-state index contributed by atoms with van der Waals surface area (Å²) in [4.78, 5) is 21.3. The van der Waals surface area contributed by atoms with Gasteiger partial charge in [-0.3, -0.25) is 0 Å². The lowest BCUT2D eigenvalue weighted by Crippen LogP contribution is -2.35. The van der Waals surface area contributed by atoms with Gasteiger partial charge in [-0.25, -0.2) is 9.78 Å². The minimum Gasteiger partial charge on any atom is -0.459 e. The molecule has 0 aliphatic rings. The van der Waals surface area contributed by atoms with Crippen molar-refractivity contribution < 1.29 is 9.21 Å². The van der Waals surface area contributed by atoms with E-state index in [-0.39, 0.29) is 6.03 Å². The summed E-state index contributed by atoms with van der Waals surface area (Å²) in [6, 6.07) is 16.6. The van der Waals surface area contributed by atoms with Crippen LogP contribution < -0.4 is 5.32 Å². The number of carbonyl (C=O) groups is 1. The number of thioether (sulfide) groups is 2. The Bertz CT molecular complexity index is 1370. The topological polar surface area (TPSA) is 58.4 Å². The van der Waals surface area contributed by atoms with E-state index in [0.29, 0.717) is 13.1 Å². The van der Waals surface area contributed by atoms with E-state index in [2.05, 4.69) is 67.5 Å². The third-order valence-corrected chi connectivity index (χ3v) is 7.83. The second-order valence-corrected chi connectivity index (χ2v) is 11.0. The van der Waals surface area contributed by atoms with Crippen LogP contribution in [0.1, 0.15) is 42.3 Å². The molecule has 0 bridgehead atoms. The molecule has 0 spiro atoms. The number of fused-ring (bicyclic) bond motifs is 1. The first kappa shape index (κ1) is 27.1. The van der Waals surface area contributed by atoms with Crippen molar-refractivity contribution in [3.05, 3.63) is 71.1 Å². The van der Waals surface area contributed by atoms with Crippen LogP contribution in [-0.4, -0.2) is 35.0 Å². The van der Waals surface area contributed by atoms with Crippen molar-refractivity contribution in [2.24, 2.45) is 0 Å². The molecule has 2 aromatic heterocycles. The maximum atomic E-state index is 13.7. The van der Waals surface area contributed by atoms with Crippen LogP contribution in [0.4, 0.5) is 10.5 Å². The number of hydrogen-bond donors (Lipinski definition) is 1. The highest BCUT2D eigenvalue weighted by Crippen LogP contribution is 2.37. The van der Waals surface area contributed by atoms with Crippen molar-refractivity contribution in [1.82, 2.24) is 9.88 Å². The number of unbranched alkanes of at least 4 members (excludes halogenated alkanes) is 1. The molecule has 0 aliphatic heterocycles. The zero-order valence-corrected chi connectivity index (χ0v) is 24.1. The lowest BCUT2D eigenvalue weighted by Gasteiger charge is -2.24. The molecule has 2 heterocycles. The van der Waals surface area contributed by atoms with Crippen LogP contribution in [0.25, 0.3) is 22.1 Å². The lowest BCUT2D eigenvalue weighted by atomic mass is 9.99. The van der Waals surface area contributed by atoms with E-state index in [1.165, 1.54) is 11.1 Å². The van der Waals surface area contributed by atoms with E-state index in [1.54, 1.807) is 23.5 Å². The number of carbonyl (C=O) groups excluding carboxylic acids is 1. The molecule has 0 fully saturated rings. The van der Waals surface area contributed by atoms with E-state index in [4.69, 9.17) is 4.42 Å². The smallest absolute Gasteiger partial charge is 0.322 e. The van der Waals surface area contributed by atoms with Crippen LogP contribution in [0.5, 0.6) is 0 Å². The van der Waals surface area contributed by atoms with Crippen molar-refractivity contribution in [3.8, 4) is 11.1 Å². The zero-order chi connectivity index (χ0) is 26.5. The summed E-state index contributed by atoms with van der Waals surface area (Å²) in [5.41, 5.74) is 7.08. The highest BCUT2D eigenvalue weighted by atomic mass is 32.2. The number of aromatic nitrogens is 1. The van der Waals surface area contributed by atoms with Gasteiger partial charge in [-0.05, 0) is 63.5 Å². The van der Waals surface area contributed by atoms with Crippen LogP contribution in [-0.2, 0) is 6.54 Å². The first-order valence-corrected chi connectivity index (χ1v) is 15.0. The molecule has 7 heteroatoms. The predicted octanol–water partition coefficient (Wildman–Crippen LogP) is 8.70. The molecule has 4 rings (SSSR count). The molecule has 0 atom stereocenters. The fourth-order valence-electron chi connectivity index (χ4n) is 4.41. The van der Waals surface area contributed by atoms with Crippen LogP contribution in [0.3, 0.4) is 0 Å². The van der Waals surface area contributed by atoms with Crippen LogP contribution in [0, 0.1) is 20.8 Å². The van der Waals surface area contributed by atoms with Crippen molar-refractivity contribution in [2.75, 3.05) is 24.4 Å². The van der Waals surface area contributed by atoms with Gasteiger partial charge >= 0.3 is 6.03 Å². The van der Waals surface area contributed by atoms with Gasteiger partial charge in [0.15, 0.2) is 0 Å². The van der Waals surface area contributed by atoms with Crippen LogP contribution >= 0.6 is 23.5 Å². The van der Waals surface area contributed by atoms with Gasteiger partial charge in [0.1, 0.15) is 16.4 Å². The number of nitrogens with one attached hydrogen (secondary N) is 1. The highest BCUT2D eigenvalue weighted by Gasteiger charge is 2.23. The number of hydrogen-bond acceptors (Lipinski definition) is 5. The monoisotopic (exact) mass is 533 g/mol. The van der Waals surface area contributed by atoms with Gasteiger partial charge in [0.05, 0.1) is 12.2 Å². The summed E-state index contributed by atoms with van der Waals surface area (Å²) in [5.74, 6) is 0.799. The summed E-state index contributed by atoms with van der Waals surface area (Å²) in [6.45, 7) is 9.31. The molecule has 5 nitrogen and oxygen atoms in total. The molecule has 0 radical (unpaired) electrons. The van der Waals surface area contributed by atoms with E-state index in [9.17, 15) is 4.79 Å². The first-order chi connectivity index (χ1) is 17.8. The maximum absolute atomic E-state index is 13.7. The predicted molar refractivity (Wildman–Crippen MR) is 158 cm³/mol. The molecule has 194 valence electrons. The number of aryl methyl sites for hydroxylation is 3. The van der Waals surface area contributed by atoms with Crippen molar-refractivity contribution >= 4 is 46.2 Å². The fourth-order valence-corrected chi connectivity index (χ4v) is 5.72. The number of rotatable bonds is 9. The van der Waals surface area contributed by atoms with Gasteiger partial charge < -0.3 is 14.6 Å². The third kappa shape index (κ3) is 6.16. The van der Waals surface area contributed by atoms with Crippen LogP contribution in [0.15, 0.2) is 62.9 Å². The first-order valence-electron chi connectivity index (χ1n) is 12.6. The minimum atomic E-state index is -0.142. The summed E-state index contributed by atoms with van der Waals surface area (Å²) in [6.07, 6.45) is 5.91. The second kappa shape index (κ2) is 12.1. The van der Waals surface area contributed by atoms with Gasteiger partial charge in [0.2, 0.25) is 0 Å². The van der Waals surface area contributed by atoms with Crippen molar-refractivity contribution in [2.45, 2.75) is 57.0 Å². The maximum Gasteiger partial charge on any atom is 0.322 e. The minimum absolute atomic E-state index is 0.142. The number of urea groups is 1. The summed E-state index contributed by atoms with van der Waals surface area (Å²) < 4.78 is 6.41. The van der Waals surface area contributed by atoms with E-state index in [1.807, 2.05) is 36.5 Å². The molecule has 4 aromatic rings. The standard InChI is InChI=1S/C30H35N3O2S2/c1-7-8-15-33(30(34)32-28-26(36-5)17-21(4)31-29(28)37-6)18-25-27(22-12-9-19(2)10-13-22)23-16-20(3)11-14-24(23)35-25/h9-14,16-17H,7-8,15,18H2,1-6H3,(H,32,34). The molecule has 0 unspecified atom stereocenters. The zero-order valence-electron chi connectivity index (χ0n) is 22.5. The van der Waals surface area contributed by atoms with E-state index >= 15 is 0 Å². The number of amides is 2.